The van der Waals surface area contributed by atoms with Crippen LogP contribution in [-0.4, -0.2) is 18.7 Å². The third-order valence-corrected chi connectivity index (χ3v) is 2.40. The van der Waals surface area contributed by atoms with Crippen LogP contribution in [0.1, 0.15) is 16.7 Å². The Bertz CT molecular complexity index is 421. The quantitative estimate of drug-likeness (QED) is 0.667. The smallest absolute Gasteiger partial charge is 0.235 e. The molecule has 0 fully saturated rings. The molecule has 0 unspecified atom stereocenters. The van der Waals surface area contributed by atoms with Gasteiger partial charge in [-0.1, -0.05) is 0 Å². The van der Waals surface area contributed by atoms with Gasteiger partial charge >= 0.3 is 0 Å². The van der Waals surface area contributed by atoms with Gasteiger partial charge < -0.3 is 9.47 Å². The molecule has 0 amide bonds. The van der Waals surface area contributed by atoms with Gasteiger partial charge in [0.05, 0.1) is 13.7 Å². The predicted molar refractivity (Wildman–Crippen MR) is 49.4 cm³/mol. The third kappa shape index (κ3) is 1.10. The number of nitriles is 1. The summed E-state index contributed by atoms with van der Waals surface area (Å²) in [6.45, 7) is 2.54. The van der Waals surface area contributed by atoms with Crippen LogP contribution in [0.2, 0.25) is 0 Å². The zero-order valence-electron chi connectivity index (χ0n) is 8.13. The Hall–Kier alpha value is -1.76. The van der Waals surface area contributed by atoms with E-state index in [1.165, 1.54) is 7.11 Å². The SMILES string of the molecule is COc1nc2c(c(C)c1C#N)CCO2. The summed E-state index contributed by atoms with van der Waals surface area (Å²) in [6, 6.07) is 2.10. The number of aromatic nitrogens is 1. The van der Waals surface area contributed by atoms with Crippen molar-refractivity contribution in [2.24, 2.45) is 0 Å². The maximum Gasteiger partial charge on any atom is 0.235 e. The topological polar surface area (TPSA) is 55.1 Å². The number of fused-ring (bicyclic) bond motifs is 1. The highest BCUT2D eigenvalue weighted by atomic mass is 16.5. The Labute approximate surface area is 82.1 Å². The lowest BCUT2D eigenvalue weighted by atomic mass is 10.0. The number of hydrogen-bond acceptors (Lipinski definition) is 4. The molecule has 14 heavy (non-hydrogen) atoms. The third-order valence-electron chi connectivity index (χ3n) is 2.40. The normalized spacial score (nSPS) is 12.9. The van der Waals surface area contributed by atoms with E-state index in [1.54, 1.807) is 0 Å². The second-order valence-electron chi connectivity index (χ2n) is 3.12. The lowest BCUT2D eigenvalue weighted by Crippen LogP contribution is -1.98. The van der Waals surface area contributed by atoms with Crippen molar-refractivity contribution in [1.29, 1.82) is 5.26 Å². The zero-order valence-corrected chi connectivity index (χ0v) is 8.13. The lowest BCUT2D eigenvalue weighted by molar-refractivity contribution is 0.333. The van der Waals surface area contributed by atoms with Gasteiger partial charge in [0.15, 0.2) is 0 Å². The van der Waals surface area contributed by atoms with Gasteiger partial charge in [-0.3, -0.25) is 0 Å². The van der Waals surface area contributed by atoms with Gasteiger partial charge in [0.25, 0.3) is 0 Å². The summed E-state index contributed by atoms with van der Waals surface area (Å²) < 4.78 is 10.3. The Balaban J connectivity index is 2.67. The minimum atomic E-state index is 0.352. The number of methoxy groups -OCH3 is 1. The Morgan fingerprint density at radius 2 is 2.36 bits per heavy atom. The molecule has 4 heteroatoms. The standard InChI is InChI=1S/C10H10N2O2/c1-6-7-3-4-14-10(7)12-9(13-2)8(6)5-11/h3-4H2,1-2H3. The van der Waals surface area contributed by atoms with Crippen LogP contribution in [0.5, 0.6) is 11.8 Å². The van der Waals surface area contributed by atoms with Gasteiger partial charge in [0.2, 0.25) is 11.8 Å². The van der Waals surface area contributed by atoms with Crippen molar-refractivity contribution >= 4 is 0 Å². The van der Waals surface area contributed by atoms with Crippen molar-refractivity contribution in [1.82, 2.24) is 4.98 Å². The number of nitrogens with zero attached hydrogens (tertiary/aromatic N) is 2. The molecule has 72 valence electrons. The molecule has 0 spiro atoms. The second kappa shape index (κ2) is 3.18. The lowest BCUT2D eigenvalue weighted by Gasteiger charge is -2.07. The van der Waals surface area contributed by atoms with E-state index < -0.39 is 0 Å². The molecular formula is C10H10N2O2. The first-order valence-corrected chi connectivity index (χ1v) is 4.38. The molecule has 0 N–H and O–H groups in total. The average Bonchev–Trinajstić information content (AvgIpc) is 2.65. The summed E-state index contributed by atoms with van der Waals surface area (Å²) in [5.41, 5.74) is 2.46. The van der Waals surface area contributed by atoms with Crippen molar-refractivity contribution in [3.63, 3.8) is 0 Å². The van der Waals surface area contributed by atoms with E-state index in [4.69, 9.17) is 14.7 Å². The van der Waals surface area contributed by atoms with Crippen LogP contribution in [0, 0.1) is 18.3 Å². The first kappa shape index (κ1) is 8.82. The maximum atomic E-state index is 8.95. The first-order chi connectivity index (χ1) is 6.77. The van der Waals surface area contributed by atoms with Crippen LogP contribution in [0.15, 0.2) is 0 Å². The highest BCUT2D eigenvalue weighted by Crippen LogP contribution is 2.32. The molecule has 1 aromatic heterocycles. The Kier molecular flexibility index (Phi) is 2.01. The number of pyridine rings is 1. The van der Waals surface area contributed by atoms with Crippen LogP contribution >= 0.6 is 0 Å². The minimum Gasteiger partial charge on any atom is -0.480 e. The van der Waals surface area contributed by atoms with Crippen LogP contribution in [0.3, 0.4) is 0 Å². The van der Waals surface area contributed by atoms with Crippen molar-refractivity contribution in [2.45, 2.75) is 13.3 Å². The van der Waals surface area contributed by atoms with E-state index in [9.17, 15) is 0 Å². The molecule has 0 bridgehead atoms. The van der Waals surface area contributed by atoms with Crippen molar-refractivity contribution < 1.29 is 9.47 Å². The molecule has 0 atom stereocenters. The van der Waals surface area contributed by atoms with Crippen molar-refractivity contribution in [2.75, 3.05) is 13.7 Å². The fourth-order valence-corrected chi connectivity index (χ4v) is 1.63. The summed E-state index contributed by atoms with van der Waals surface area (Å²) in [5, 5.41) is 8.95. The fourth-order valence-electron chi connectivity index (χ4n) is 1.63. The first-order valence-electron chi connectivity index (χ1n) is 4.38. The predicted octanol–water partition coefficient (Wildman–Crippen LogP) is 1.21. The van der Waals surface area contributed by atoms with E-state index in [0.717, 1.165) is 17.5 Å². The summed E-state index contributed by atoms with van der Waals surface area (Å²) in [4.78, 5) is 4.14. The minimum absolute atomic E-state index is 0.352. The van der Waals surface area contributed by atoms with E-state index >= 15 is 0 Å². The van der Waals surface area contributed by atoms with Crippen LogP contribution < -0.4 is 9.47 Å². The second-order valence-corrected chi connectivity index (χ2v) is 3.12. The van der Waals surface area contributed by atoms with E-state index in [1.807, 2.05) is 6.92 Å². The molecule has 1 aliphatic rings. The van der Waals surface area contributed by atoms with Gasteiger partial charge in [-0.05, 0) is 12.5 Å². The number of hydrogen-bond donors (Lipinski definition) is 0. The van der Waals surface area contributed by atoms with Crippen molar-refractivity contribution in [3.05, 3.63) is 16.7 Å². The highest BCUT2D eigenvalue weighted by Gasteiger charge is 2.22. The fraction of sp³-hybridized carbons (Fsp3) is 0.400. The number of rotatable bonds is 1. The average molecular weight is 190 g/mol. The van der Waals surface area contributed by atoms with Gasteiger partial charge in [-0.15, -0.1) is 0 Å². The van der Waals surface area contributed by atoms with E-state index in [-0.39, 0.29) is 0 Å². The molecule has 0 radical (unpaired) electrons. The molecule has 1 aromatic rings. The Morgan fingerprint density at radius 1 is 1.57 bits per heavy atom. The molecule has 0 aromatic carbocycles. The molecule has 2 rings (SSSR count). The molecule has 2 heterocycles. The summed E-state index contributed by atoms with van der Waals surface area (Å²) in [5.74, 6) is 0.962. The molecule has 1 aliphatic heterocycles. The summed E-state index contributed by atoms with van der Waals surface area (Å²) in [7, 11) is 1.50. The van der Waals surface area contributed by atoms with Crippen LogP contribution in [-0.2, 0) is 6.42 Å². The van der Waals surface area contributed by atoms with Gasteiger partial charge in [0.1, 0.15) is 11.6 Å². The molecule has 4 nitrogen and oxygen atoms in total. The highest BCUT2D eigenvalue weighted by molar-refractivity contribution is 5.52. The zero-order chi connectivity index (χ0) is 10.1. The van der Waals surface area contributed by atoms with Crippen LogP contribution in [0.25, 0.3) is 0 Å². The summed E-state index contributed by atoms with van der Waals surface area (Å²) in [6.07, 6.45) is 0.826. The van der Waals surface area contributed by atoms with Gasteiger partial charge in [-0.2, -0.15) is 10.2 Å². The van der Waals surface area contributed by atoms with Crippen molar-refractivity contribution in [3.8, 4) is 17.8 Å². The molecule has 0 saturated heterocycles. The van der Waals surface area contributed by atoms with Gasteiger partial charge in [0, 0.05) is 12.0 Å². The number of ether oxygens (including phenoxy) is 2. The Morgan fingerprint density at radius 3 is 3.00 bits per heavy atom. The monoisotopic (exact) mass is 190 g/mol. The van der Waals surface area contributed by atoms with E-state index in [2.05, 4.69) is 11.1 Å². The van der Waals surface area contributed by atoms with E-state index in [0.29, 0.717) is 23.9 Å². The van der Waals surface area contributed by atoms with Gasteiger partial charge in [-0.25, -0.2) is 0 Å². The molecule has 0 aliphatic carbocycles. The molecular weight excluding hydrogens is 180 g/mol. The maximum absolute atomic E-state index is 8.95. The van der Waals surface area contributed by atoms with Crippen LogP contribution in [0.4, 0.5) is 0 Å². The largest absolute Gasteiger partial charge is 0.480 e. The summed E-state index contributed by atoms with van der Waals surface area (Å²) >= 11 is 0. The molecule has 0 saturated carbocycles.